The summed E-state index contributed by atoms with van der Waals surface area (Å²) in [5, 5.41) is 0. The first kappa shape index (κ1) is 14.4. The van der Waals surface area contributed by atoms with Gasteiger partial charge in [0.05, 0.1) is 6.54 Å². The molecule has 110 valence electrons. The van der Waals surface area contributed by atoms with Gasteiger partial charge in [0.1, 0.15) is 12.4 Å². The first-order valence-electron chi connectivity index (χ1n) is 6.81. The third-order valence-electron chi connectivity index (χ3n) is 3.31. The monoisotopic (exact) mass is 398 g/mol. The van der Waals surface area contributed by atoms with Gasteiger partial charge in [-0.2, -0.15) is 4.98 Å². The molecule has 1 aliphatic heterocycles. The van der Waals surface area contributed by atoms with Gasteiger partial charge in [-0.1, -0.05) is 13.0 Å². The number of benzene rings is 1. The van der Waals surface area contributed by atoms with E-state index < -0.39 is 0 Å². The number of rotatable bonds is 4. The van der Waals surface area contributed by atoms with Gasteiger partial charge in [0.25, 0.3) is 11.6 Å². The summed E-state index contributed by atoms with van der Waals surface area (Å²) in [4.78, 5) is 15.7. The number of halogens is 1. The van der Waals surface area contributed by atoms with Crippen molar-refractivity contribution in [1.82, 2.24) is 9.55 Å². The highest BCUT2D eigenvalue weighted by Gasteiger charge is 2.24. The molecule has 0 aliphatic carbocycles. The van der Waals surface area contributed by atoms with E-state index in [0.29, 0.717) is 31.1 Å². The second kappa shape index (κ2) is 6.05. The van der Waals surface area contributed by atoms with Crippen LogP contribution in [0.25, 0.3) is 0 Å². The topological polar surface area (TPSA) is 53.4 Å². The van der Waals surface area contributed by atoms with Crippen molar-refractivity contribution in [3.8, 4) is 11.8 Å². The van der Waals surface area contributed by atoms with Crippen LogP contribution in [0, 0.1) is 3.57 Å². The van der Waals surface area contributed by atoms with Gasteiger partial charge in [-0.25, -0.2) is 0 Å². The second-order valence-electron chi connectivity index (χ2n) is 4.87. The van der Waals surface area contributed by atoms with E-state index >= 15 is 0 Å². The van der Waals surface area contributed by atoms with Crippen molar-refractivity contribution in [2.75, 3.05) is 6.61 Å². The number of fused-ring (bicyclic) bond motifs is 1. The smallest absolute Gasteiger partial charge is 0.300 e. The minimum Gasteiger partial charge on any atom is -0.490 e. The molecule has 1 aromatic carbocycles. The maximum atomic E-state index is 11.7. The highest BCUT2D eigenvalue weighted by atomic mass is 127. The van der Waals surface area contributed by atoms with E-state index in [1.165, 1.54) is 0 Å². The zero-order valence-electron chi connectivity index (χ0n) is 11.6. The summed E-state index contributed by atoms with van der Waals surface area (Å²) in [7, 11) is 0. The van der Waals surface area contributed by atoms with Crippen LogP contribution in [0.15, 0.2) is 35.3 Å². The molecule has 0 spiro atoms. The van der Waals surface area contributed by atoms with E-state index in [1.807, 2.05) is 42.0 Å². The summed E-state index contributed by atoms with van der Waals surface area (Å²) in [6.45, 7) is 3.03. The lowest BCUT2D eigenvalue weighted by Crippen LogP contribution is -2.23. The van der Waals surface area contributed by atoms with Crippen LogP contribution in [0.3, 0.4) is 0 Å². The molecule has 0 radical (unpaired) electrons. The van der Waals surface area contributed by atoms with E-state index in [1.54, 1.807) is 0 Å². The van der Waals surface area contributed by atoms with Gasteiger partial charge in [0, 0.05) is 15.3 Å². The third-order valence-corrected chi connectivity index (χ3v) is 3.99. The first-order chi connectivity index (χ1) is 10.2. The molecular formula is C15H15IN2O3. The Balaban J connectivity index is 1.66. The number of nitrogens with zero attached hydrogens (tertiary/aromatic N) is 2. The lowest BCUT2D eigenvalue weighted by Gasteiger charge is -2.11. The van der Waals surface area contributed by atoms with Gasteiger partial charge in [-0.3, -0.25) is 9.36 Å². The number of aromatic nitrogens is 2. The van der Waals surface area contributed by atoms with Crippen LogP contribution in [0.1, 0.15) is 12.5 Å². The molecule has 0 amide bonds. The Morgan fingerprint density at radius 3 is 3.14 bits per heavy atom. The van der Waals surface area contributed by atoms with E-state index in [2.05, 4.69) is 27.6 Å². The molecule has 0 N–H and O–H groups in total. The Kier molecular flexibility index (Phi) is 4.14. The van der Waals surface area contributed by atoms with Gasteiger partial charge < -0.3 is 9.47 Å². The van der Waals surface area contributed by atoms with Crippen LogP contribution in [-0.4, -0.2) is 22.3 Å². The van der Waals surface area contributed by atoms with Crippen LogP contribution in [0.2, 0.25) is 0 Å². The van der Waals surface area contributed by atoms with Crippen molar-refractivity contribution in [3.63, 3.8) is 0 Å². The van der Waals surface area contributed by atoms with Gasteiger partial charge in [-0.05, 0) is 47.2 Å². The minimum absolute atomic E-state index is 0.123. The molecule has 0 fully saturated rings. The van der Waals surface area contributed by atoms with Crippen LogP contribution < -0.4 is 15.0 Å². The van der Waals surface area contributed by atoms with E-state index in [9.17, 15) is 4.79 Å². The molecule has 1 aliphatic rings. The normalized spacial score (nSPS) is 16.4. The molecule has 0 saturated carbocycles. The predicted molar refractivity (Wildman–Crippen MR) is 86.9 cm³/mol. The summed E-state index contributed by atoms with van der Waals surface area (Å²) >= 11 is 2.24. The van der Waals surface area contributed by atoms with E-state index in [-0.39, 0.29) is 11.7 Å². The van der Waals surface area contributed by atoms with Gasteiger partial charge in [0.15, 0.2) is 6.10 Å². The van der Waals surface area contributed by atoms with Crippen molar-refractivity contribution >= 4 is 22.6 Å². The first-order valence-corrected chi connectivity index (χ1v) is 7.89. The molecular weight excluding hydrogens is 383 g/mol. The predicted octanol–water partition coefficient (Wildman–Crippen LogP) is 2.25. The molecule has 2 aromatic rings. The van der Waals surface area contributed by atoms with Crippen molar-refractivity contribution in [2.24, 2.45) is 0 Å². The maximum Gasteiger partial charge on any atom is 0.300 e. The standard InChI is InChI=1S/C15H15IN2O3/c1-2-10-7-18-8-13(21-15(18)17-14(10)19)9-20-12-5-3-4-11(16)6-12/h3-7,13H,2,8-9H2,1H3/t13-/m0/s1. The van der Waals surface area contributed by atoms with Crippen LogP contribution in [0.4, 0.5) is 0 Å². The Hall–Kier alpha value is -1.57. The molecule has 1 aromatic heterocycles. The fraction of sp³-hybridized carbons (Fsp3) is 0.333. The molecule has 5 nitrogen and oxygen atoms in total. The number of ether oxygens (including phenoxy) is 2. The van der Waals surface area contributed by atoms with Crippen LogP contribution in [0.5, 0.6) is 11.8 Å². The van der Waals surface area contributed by atoms with Gasteiger partial charge in [0.2, 0.25) is 0 Å². The molecule has 0 bridgehead atoms. The number of aryl methyl sites for hydroxylation is 1. The third kappa shape index (κ3) is 3.20. The van der Waals surface area contributed by atoms with Gasteiger partial charge in [-0.15, -0.1) is 0 Å². The van der Waals surface area contributed by atoms with E-state index in [0.717, 1.165) is 9.32 Å². The zero-order valence-corrected chi connectivity index (χ0v) is 13.7. The van der Waals surface area contributed by atoms with Crippen molar-refractivity contribution in [2.45, 2.75) is 26.0 Å². The zero-order chi connectivity index (χ0) is 14.8. The lowest BCUT2D eigenvalue weighted by molar-refractivity contribution is 0.143. The van der Waals surface area contributed by atoms with Crippen molar-refractivity contribution in [1.29, 1.82) is 0 Å². The van der Waals surface area contributed by atoms with Gasteiger partial charge >= 0.3 is 0 Å². The Bertz CT molecular complexity index is 714. The SMILES string of the molecule is CCc1cn2c(nc1=O)O[C@H](COc1cccc(I)c1)C2. The largest absolute Gasteiger partial charge is 0.490 e. The lowest BCUT2D eigenvalue weighted by atomic mass is 10.2. The Morgan fingerprint density at radius 1 is 1.52 bits per heavy atom. The number of hydrogen-bond donors (Lipinski definition) is 0. The Morgan fingerprint density at radius 2 is 2.38 bits per heavy atom. The molecule has 6 heteroatoms. The molecule has 2 heterocycles. The van der Waals surface area contributed by atoms with Crippen molar-refractivity contribution in [3.05, 3.63) is 49.9 Å². The molecule has 0 unspecified atom stereocenters. The average Bonchev–Trinajstić information content (AvgIpc) is 2.86. The summed E-state index contributed by atoms with van der Waals surface area (Å²) in [5.74, 6) is 0.818. The maximum absolute atomic E-state index is 11.7. The summed E-state index contributed by atoms with van der Waals surface area (Å²) in [5.41, 5.74) is 0.504. The molecule has 0 saturated heterocycles. The van der Waals surface area contributed by atoms with Crippen LogP contribution >= 0.6 is 22.6 Å². The Labute approximate surface area is 136 Å². The van der Waals surface area contributed by atoms with E-state index in [4.69, 9.17) is 9.47 Å². The fourth-order valence-electron chi connectivity index (χ4n) is 2.23. The van der Waals surface area contributed by atoms with Crippen molar-refractivity contribution < 1.29 is 9.47 Å². The summed E-state index contributed by atoms with van der Waals surface area (Å²) in [6, 6.07) is 8.24. The van der Waals surface area contributed by atoms with Crippen LogP contribution in [-0.2, 0) is 13.0 Å². The second-order valence-corrected chi connectivity index (χ2v) is 6.11. The highest BCUT2D eigenvalue weighted by Crippen LogP contribution is 2.20. The average molecular weight is 398 g/mol. The summed E-state index contributed by atoms with van der Waals surface area (Å²) in [6.07, 6.45) is 2.38. The quantitative estimate of drug-likeness (QED) is 0.742. The fourth-order valence-corrected chi connectivity index (χ4v) is 2.74. The minimum atomic E-state index is -0.206. The molecule has 21 heavy (non-hydrogen) atoms. The highest BCUT2D eigenvalue weighted by molar-refractivity contribution is 14.1. The molecule has 3 rings (SSSR count). The summed E-state index contributed by atoms with van der Waals surface area (Å²) < 4.78 is 14.4. The molecule has 1 atom stereocenters. The number of hydrogen-bond acceptors (Lipinski definition) is 4.